The largest absolute Gasteiger partial charge is 0.466 e. The number of carbonyl (C=O) groups excluding carboxylic acids is 2. The molecule has 180 valence electrons. The third-order valence-electron chi connectivity index (χ3n) is 6.79. The van der Waals surface area contributed by atoms with Crippen LogP contribution in [0.1, 0.15) is 42.9 Å². The molecule has 0 radical (unpaired) electrons. The van der Waals surface area contributed by atoms with E-state index < -0.39 is 21.4 Å². The van der Waals surface area contributed by atoms with Crippen molar-refractivity contribution in [3.05, 3.63) is 70.9 Å². The number of para-hydroxylation sites is 1. The van der Waals surface area contributed by atoms with Gasteiger partial charge in [0.1, 0.15) is 0 Å². The summed E-state index contributed by atoms with van der Waals surface area (Å²) in [5.74, 6) is -0.557. The molecular weight excluding hydrogens is 452 g/mol. The highest BCUT2D eigenvalue weighted by atomic mass is 32.2. The van der Waals surface area contributed by atoms with Gasteiger partial charge in [0.25, 0.3) is 10.0 Å². The minimum atomic E-state index is -3.94. The Morgan fingerprint density at radius 3 is 2.50 bits per heavy atom. The van der Waals surface area contributed by atoms with Crippen LogP contribution in [0.15, 0.2) is 59.1 Å². The van der Waals surface area contributed by atoms with E-state index >= 15 is 0 Å². The molecular formula is C26H30N2O5S. The first-order valence-electron chi connectivity index (χ1n) is 11.4. The van der Waals surface area contributed by atoms with Crippen LogP contribution in [0.2, 0.25) is 0 Å². The summed E-state index contributed by atoms with van der Waals surface area (Å²) in [5, 5.41) is 0. The monoisotopic (exact) mass is 482 g/mol. The summed E-state index contributed by atoms with van der Waals surface area (Å²) in [5.41, 5.74) is 3.18. The van der Waals surface area contributed by atoms with Gasteiger partial charge in [-0.3, -0.25) is 13.9 Å². The lowest BCUT2D eigenvalue weighted by molar-refractivity contribution is -0.142. The summed E-state index contributed by atoms with van der Waals surface area (Å²) in [7, 11) is -2.18. The summed E-state index contributed by atoms with van der Waals surface area (Å²) in [6.45, 7) is 5.85. The summed E-state index contributed by atoms with van der Waals surface area (Å²) < 4.78 is 33.8. The molecule has 2 aromatic rings. The number of esters is 1. The average molecular weight is 483 g/mol. The minimum Gasteiger partial charge on any atom is -0.466 e. The predicted octanol–water partition coefficient (Wildman–Crippen LogP) is 3.84. The number of hydrogen-bond acceptors (Lipinski definition) is 5. The van der Waals surface area contributed by atoms with Crippen LogP contribution in [0.25, 0.3) is 0 Å². The molecule has 0 aliphatic carbocycles. The number of amides is 1. The number of rotatable bonds is 5. The predicted molar refractivity (Wildman–Crippen MR) is 130 cm³/mol. The fourth-order valence-electron chi connectivity index (χ4n) is 5.03. The second-order valence-corrected chi connectivity index (χ2v) is 10.8. The van der Waals surface area contributed by atoms with Crippen molar-refractivity contribution in [3.8, 4) is 0 Å². The van der Waals surface area contributed by atoms with Gasteiger partial charge in [0.05, 0.1) is 29.0 Å². The van der Waals surface area contributed by atoms with E-state index in [1.54, 1.807) is 49.2 Å². The normalized spacial score (nSPS) is 20.2. The molecule has 1 spiro atoms. The highest BCUT2D eigenvalue weighted by Gasteiger charge is 2.51. The molecule has 2 heterocycles. The van der Waals surface area contributed by atoms with E-state index in [9.17, 15) is 18.0 Å². The van der Waals surface area contributed by atoms with Crippen LogP contribution in [-0.4, -0.2) is 44.8 Å². The maximum absolute atomic E-state index is 13.7. The van der Waals surface area contributed by atoms with Crippen molar-refractivity contribution in [3.63, 3.8) is 0 Å². The number of sulfonamides is 1. The van der Waals surface area contributed by atoms with Gasteiger partial charge in [0.15, 0.2) is 0 Å². The Labute approximate surface area is 201 Å². The Kier molecular flexibility index (Phi) is 6.29. The SMILES string of the molecule is CCOC(=O)CC1=CCC2(CCN1S(=O)(=O)c1ccc(C)cc1)C(=O)N(C)c1c(C)cccc12. The number of allylic oxidation sites excluding steroid dienone is 1. The summed E-state index contributed by atoms with van der Waals surface area (Å²) in [6, 6.07) is 12.5. The molecule has 1 amide bonds. The highest BCUT2D eigenvalue weighted by molar-refractivity contribution is 7.89. The molecule has 0 bridgehead atoms. The van der Waals surface area contributed by atoms with Gasteiger partial charge < -0.3 is 9.64 Å². The highest BCUT2D eigenvalue weighted by Crippen LogP contribution is 2.49. The number of anilines is 1. The molecule has 0 fully saturated rings. The number of likely N-dealkylation sites (N-methyl/N-ethyl adjacent to an activating group) is 1. The van der Waals surface area contributed by atoms with Gasteiger partial charge in [-0.25, -0.2) is 8.42 Å². The van der Waals surface area contributed by atoms with Crippen molar-refractivity contribution in [1.29, 1.82) is 0 Å². The molecule has 1 atom stereocenters. The number of ether oxygens (including phenoxy) is 1. The molecule has 1 unspecified atom stereocenters. The number of aryl methyl sites for hydroxylation is 2. The number of fused-ring (bicyclic) bond motifs is 2. The molecule has 7 nitrogen and oxygen atoms in total. The van der Waals surface area contributed by atoms with Gasteiger partial charge in [-0.15, -0.1) is 0 Å². The van der Waals surface area contributed by atoms with Crippen molar-refractivity contribution in [2.75, 3.05) is 25.1 Å². The fourth-order valence-corrected chi connectivity index (χ4v) is 6.55. The second kappa shape index (κ2) is 8.91. The zero-order valence-corrected chi connectivity index (χ0v) is 20.8. The van der Waals surface area contributed by atoms with Gasteiger partial charge in [0.2, 0.25) is 5.91 Å². The minimum absolute atomic E-state index is 0.0573. The van der Waals surface area contributed by atoms with Gasteiger partial charge in [0, 0.05) is 19.3 Å². The molecule has 4 rings (SSSR count). The first kappa shape index (κ1) is 24.0. The second-order valence-electron chi connectivity index (χ2n) is 8.94. The Balaban J connectivity index is 1.80. The van der Waals surface area contributed by atoms with Crippen LogP contribution < -0.4 is 4.90 Å². The molecule has 2 aromatic carbocycles. The maximum atomic E-state index is 13.7. The Morgan fingerprint density at radius 2 is 1.82 bits per heavy atom. The third-order valence-corrected chi connectivity index (χ3v) is 8.66. The Hall–Kier alpha value is -3.13. The van der Waals surface area contributed by atoms with Crippen molar-refractivity contribution >= 4 is 27.6 Å². The Bertz CT molecular complexity index is 1270. The topological polar surface area (TPSA) is 84.0 Å². The van der Waals surface area contributed by atoms with E-state index in [1.807, 2.05) is 32.0 Å². The van der Waals surface area contributed by atoms with Crippen molar-refractivity contribution in [2.24, 2.45) is 0 Å². The van der Waals surface area contributed by atoms with Crippen LogP contribution in [0.5, 0.6) is 0 Å². The van der Waals surface area contributed by atoms with Crippen LogP contribution >= 0.6 is 0 Å². The number of hydrogen-bond donors (Lipinski definition) is 0. The van der Waals surface area contributed by atoms with E-state index in [2.05, 4.69) is 0 Å². The zero-order valence-electron chi connectivity index (χ0n) is 20.0. The van der Waals surface area contributed by atoms with Crippen molar-refractivity contribution in [1.82, 2.24) is 4.31 Å². The Morgan fingerprint density at radius 1 is 1.12 bits per heavy atom. The van der Waals surface area contributed by atoms with E-state index in [-0.39, 0.29) is 30.4 Å². The average Bonchev–Trinajstić information content (AvgIpc) is 2.91. The third kappa shape index (κ3) is 3.90. The quantitative estimate of drug-likeness (QED) is 0.605. The zero-order chi connectivity index (χ0) is 24.7. The van der Waals surface area contributed by atoms with Gasteiger partial charge in [-0.05, 0) is 56.9 Å². The van der Waals surface area contributed by atoms with E-state index in [1.165, 1.54) is 4.31 Å². The molecule has 0 saturated carbocycles. The van der Waals surface area contributed by atoms with E-state index in [0.717, 1.165) is 22.4 Å². The lowest BCUT2D eigenvalue weighted by Gasteiger charge is -2.28. The number of benzene rings is 2. The van der Waals surface area contributed by atoms with Gasteiger partial charge in [-0.1, -0.05) is 42.0 Å². The van der Waals surface area contributed by atoms with Gasteiger partial charge in [-0.2, -0.15) is 0 Å². The van der Waals surface area contributed by atoms with Crippen LogP contribution in [0.3, 0.4) is 0 Å². The van der Waals surface area contributed by atoms with E-state index in [0.29, 0.717) is 18.5 Å². The molecule has 0 saturated heterocycles. The first-order valence-corrected chi connectivity index (χ1v) is 12.9. The molecule has 34 heavy (non-hydrogen) atoms. The van der Waals surface area contributed by atoms with Gasteiger partial charge >= 0.3 is 5.97 Å². The lowest BCUT2D eigenvalue weighted by Crippen LogP contribution is -2.40. The van der Waals surface area contributed by atoms with Crippen LogP contribution in [0.4, 0.5) is 5.69 Å². The summed E-state index contributed by atoms with van der Waals surface area (Å²) >= 11 is 0. The smallest absolute Gasteiger partial charge is 0.311 e. The fraction of sp³-hybridized carbons (Fsp3) is 0.385. The summed E-state index contributed by atoms with van der Waals surface area (Å²) in [4.78, 5) is 27.8. The standard InChI is InChI=1S/C26H30N2O5S/c1-5-33-23(29)17-20-13-14-26(22-8-6-7-19(3)24(22)27(4)25(26)30)15-16-28(20)34(31,32)21-11-9-18(2)10-12-21/h6-13H,5,14-17H2,1-4H3. The number of nitrogens with zero attached hydrogens (tertiary/aromatic N) is 2. The van der Waals surface area contributed by atoms with Crippen molar-refractivity contribution in [2.45, 2.75) is 50.3 Å². The van der Waals surface area contributed by atoms with Crippen LogP contribution in [0, 0.1) is 13.8 Å². The number of carbonyl (C=O) groups is 2. The first-order chi connectivity index (χ1) is 16.1. The lowest BCUT2D eigenvalue weighted by atomic mass is 9.75. The maximum Gasteiger partial charge on any atom is 0.311 e. The molecule has 8 heteroatoms. The van der Waals surface area contributed by atoms with E-state index in [4.69, 9.17) is 4.74 Å². The molecule has 2 aliphatic rings. The molecule has 0 aromatic heterocycles. The molecule has 0 N–H and O–H groups in total. The molecule has 2 aliphatic heterocycles. The van der Waals surface area contributed by atoms with Crippen molar-refractivity contribution < 1.29 is 22.7 Å². The van der Waals surface area contributed by atoms with Crippen LogP contribution in [-0.2, 0) is 29.8 Å². The summed E-state index contributed by atoms with van der Waals surface area (Å²) in [6.07, 6.45) is 2.17.